The number of hydrogen-bond acceptors (Lipinski definition) is 5. The minimum atomic E-state index is 0.138. The third-order valence-electron chi connectivity index (χ3n) is 2.81. The number of aromatic nitrogens is 4. The zero-order valence-corrected chi connectivity index (χ0v) is 10.6. The molecule has 1 aromatic carbocycles. The second kappa shape index (κ2) is 4.24. The number of fused-ring (bicyclic) bond motifs is 1. The molecule has 96 valence electrons. The van der Waals surface area contributed by atoms with Crippen LogP contribution in [0.25, 0.3) is 11.2 Å². The van der Waals surface area contributed by atoms with E-state index in [1.807, 2.05) is 32.0 Å². The van der Waals surface area contributed by atoms with Crippen LogP contribution < -0.4 is 10.5 Å². The molecule has 6 heteroatoms. The highest BCUT2D eigenvalue weighted by Crippen LogP contribution is 2.28. The van der Waals surface area contributed by atoms with E-state index in [1.54, 1.807) is 0 Å². The van der Waals surface area contributed by atoms with Crippen molar-refractivity contribution in [1.82, 2.24) is 19.9 Å². The summed E-state index contributed by atoms with van der Waals surface area (Å²) in [7, 11) is 0. The number of imidazole rings is 1. The Morgan fingerprint density at radius 3 is 2.84 bits per heavy atom. The lowest BCUT2D eigenvalue weighted by Crippen LogP contribution is -1.99. The number of nitrogens with zero attached hydrogens (tertiary/aromatic N) is 3. The highest BCUT2D eigenvalue weighted by molar-refractivity contribution is 5.77. The molecule has 0 amide bonds. The van der Waals surface area contributed by atoms with Gasteiger partial charge in [-0.2, -0.15) is 9.97 Å². The molecule has 19 heavy (non-hydrogen) atoms. The van der Waals surface area contributed by atoms with Gasteiger partial charge in [-0.25, -0.2) is 4.98 Å². The molecule has 0 saturated heterocycles. The van der Waals surface area contributed by atoms with Crippen LogP contribution in [0.2, 0.25) is 0 Å². The molecule has 0 radical (unpaired) electrons. The third kappa shape index (κ3) is 2.08. The van der Waals surface area contributed by atoms with E-state index in [-0.39, 0.29) is 5.95 Å². The fourth-order valence-electron chi connectivity index (χ4n) is 1.91. The van der Waals surface area contributed by atoms with Crippen LogP contribution in [0, 0.1) is 13.8 Å². The van der Waals surface area contributed by atoms with Gasteiger partial charge in [0.05, 0.1) is 6.33 Å². The van der Waals surface area contributed by atoms with Gasteiger partial charge < -0.3 is 15.5 Å². The summed E-state index contributed by atoms with van der Waals surface area (Å²) in [6, 6.07) is 5.94. The van der Waals surface area contributed by atoms with Crippen molar-refractivity contribution in [2.24, 2.45) is 0 Å². The first-order chi connectivity index (χ1) is 9.13. The summed E-state index contributed by atoms with van der Waals surface area (Å²) in [5, 5.41) is 0. The molecule has 6 nitrogen and oxygen atoms in total. The van der Waals surface area contributed by atoms with Gasteiger partial charge in [-0.1, -0.05) is 17.7 Å². The van der Waals surface area contributed by atoms with Crippen LogP contribution in [-0.4, -0.2) is 19.9 Å². The van der Waals surface area contributed by atoms with Crippen molar-refractivity contribution in [3.63, 3.8) is 0 Å². The van der Waals surface area contributed by atoms with E-state index in [4.69, 9.17) is 10.5 Å². The average Bonchev–Trinajstić information content (AvgIpc) is 2.80. The first kappa shape index (κ1) is 11.5. The average molecular weight is 255 g/mol. The third-order valence-corrected chi connectivity index (χ3v) is 2.81. The van der Waals surface area contributed by atoms with Crippen molar-refractivity contribution in [1.29, 1.82) is 0 Å². The Kier molecular flexibility index (Phi) is 2.56. The first-order valence-electron chi connectivity index (χ1n) is 5.85. The van der Waals surface area contributed by atoms with Crippen molar-refractivity contribution < 1.29 is 4.74 Å². The lowest BCUT2D eigenvalue weighted by Gasteiger charge is -2.09. The van der Waals surface area contributed by atoms with Crippen molar-refractivity contribution >= 4 is 17.1 Å². The number of hydrogen-bond donors (Lipinski definition) is 2. The quantitative estimate of drug-likeness (QED) is 0.733. The number of aryl methyl sites for hydroxylation is 2. The normalized spacial score (nSPS) is 10.8. The van der Waals surface area contributed by atoms with Gasteiger partial charge in [-0.3, -0.25) is 0 Å². The van der Waals surface area contributed by atoms with E-state index >= 15 is 0 Å². The molecule has 0 fully saturated rings. The number of nitrogens with one attached hydrogen (secondary N) is 1. The monoisotopic (exact) mass is 255 g/mol. The Balaban J connectivity index is 2.07. The molecule has 0 bridgehead atoms. The van der Waals surface area contributed by atoms with Crippen LogP contribution >= 0.6 is 0 Å². The van der Waals surface area contributed by atoms with Crippen molar-refractivity contribution in [3.05, 3.63) is 35.7 Å². The molecule has 0 unspecified atom stereocenters. The Hall–Kier alpha value is -2.63. The summed E-state index contributed by atoms with van der Waals surface area (Å²) in [4.78, 5) is 15.1. The molecule has 0 aliphatic rings. The number of benzene rings is 1. The summed E-state index contributed by atoms with van der Waals surface area (Å²) < 4.78 is 5.81. The molecular weight excluding hydrogens is 242 g/mol. The lowest BCUT2D eigenvalue weighted by molar-refractivity contribution is 0.464. The maximum Gasteiger partial charge on any atom is 0.250 e. The minimum absolute atomic E-state index is 0.138. The SMILES string of the molecule is Cc1ccc(Oc2nc(N)nc3nc[nH]c23)c(C)c1. The maximum atomic E-state index is 5.81. The lowest BCUT2D eigenvalue weighted by atomic mass is 10.1. The van der Waals surface area contributed by atoms with E-state index in [0.29, 0.717) is 17.0 Å². The summed E-state index contributed by atoms with van der Waals surface area (Å²) in [5.41, 5.74) is 8.98. The molecule has 2 aromatic heterocycles. The summed E-state index contributed by atoms with van der Waals surface area (Å²) in [6.07, 6.45) is 1.54. The fourth-order valence-corrected chi connectivity index (χ4v) is 1.91. The van der Waals surface area contributed by atoms with Gasteiger partial charge >= 0.3 is 0 Å². The number of rotatable bonds is 2. The van der Waals surface area contributed by atoms with Crippen molar-refractivity contribution in [2.75, 3.05) is 5.73 Å². The van der Waals surface area contributed by atoms with Gasteiger partial charge in [0.25, 0.3) is 5.88 Å². The van der Waals surface area contributed by atoms with Crippen LogP contribution in [0.1, 0.15) is 11.1 Å². The van der Waals surface area contributed by atoms with Crippen molar-refractivity contribution in [3.8, 4) is 11.6 Å². The Morgan fingerprint density at radius 2 is 2.05 bits per heavy atom. The molecule has 0 saturated carbocycles. The van der Waals surface area contributed by atoms with Gasteiger partial charge in [0.2, 0.25) is 5.95 Å². The molecule has 0 spiro atoms. The largest absolute Gasteiger partial charge is 0.437 e. The standard InChI is InChI=1S/C13H13N5O/c1-7-3-4-9(8(2)5-7)19-12-10-11(16-6-15-10)17-13(14)18-12/h3-6H,1-2H3,(H3,14,15,16,17,18). The molecule has 3 N–H and O–H groups in total. The summed E-state index contributed by atoms with van der Waals surface area (Å²) >= 11 is 0. The van der Waals surface area contributed by atoms with E-state index in [1.165, 1.54) is 11.9 Å². The highest BCUT2D eigenvalue weighted by Gasteiger charge is 2.11. The van der Waals surface area contributed by atoms with Crippen LogP contribution in [0.5, 0.6) is 11.6 Å². The Morgan fingerprint density at radius 1 is 1.21 bits per heavy atom. The fraction of sp³-hybridized carbons (Fsp3) is 0.154. The van der Waals surface area contributed by atoms with E-state index < -0.39 is 0 Å². The first-order valence-corrected chi connectivity index (χ1v) is 5.85. The Bertz CT molecular complexity index is 750. The van der Waals surface area contributed by atoms with Crippen LogP contribution in [-0.2, 0) is 0 Å². The molecule has 2 heterocycles. The second-order valence-electron chi connectivity index (χ2n) is 4.36. The van der Waals surface area contributed by atoms with Crippen LogP contribution in [0.15, 0.2) is 24.5 Å². The van der Waals surface area contributed by atoms with Gasteiger partial charge in [-0.15, -0.1) is 0 Å². The number of nitrogen functional groups attached to an aromatic ring is 1. The van der Waals surface area contributed by atoms with Gasteiger partial charge in [-0.05, 0) is 25.5 Å². The van der Waals surface area contributed by atoms with Crippen molar-refractivity contribution in [2.45, 2.75) is 13.8 Å². The molecular formula is C13H13N5O. The summed E-state index contributed by atoms with van der Waals surface area (Å²) in [5.74, 6) is 1.26. The van der Waals surface area contributed by atoms with Crippen LogP contribution in [0.4, 0.5) is 5.95 Å². The minimum Gasteiger partial charge on any atom is -0.437 e. The molecule has 0 atom stereocenters. The second-order valence-corrected chi connectivity index (χ2v) is 4.36. The van der Waals surface area contributed by atoms with Gasteiger partial charge in [0.1, 0.15) is 11.3 Å². The maximum absolute atomic E-state index is 5.81. The van der Waals surface area contributed by atoms with E-state index in [0.717, 1.165) is 11.3 Å². The van der Waals surface area contributed by atoms with E-state index in [9.17, 15) is 0 Å². The number of ether oxygens (including phenoxy) is 1. The van der Waals surface area contributed by atoms with Gasteiger partial charge in [0, 0.05) is 0 Å². The highest BCUT2D eigenvalue weighted by atomic mass is 16.5. The number of aromatic amines is 1. The van der Waals surface area contributed by atoms with E-state index in [2.05, 4.69) is 19.9 Å². The number of H-pyrrole nitrogens is 1. The zero-order chi connectivity index (χ0) is 13.4. The smallest absolute Gasteiger partial charge is 0.250 e. The van der Waals surface area contributed by atoms with Crippen LogP contribution in [0.3, 0.4) is 0 Å². The predicted octanol–water partition coefficient (Wildman–Crippen LogP) is 2.34. The number of anilines is 1. The molecule has 3 aromatic rings. The number of nitrogens with two attached hydrogens (primary N) is 1. The molecule has 0 aliphatic carbocycles. The molecule has 3 rings (SSSR count). The zero-order valence-electron chi connectivity index (χ0n) is 10.6. The van der Waals surface area contributed by atoms with Gasteiger partial charge in [0.15, 0.2) is 5.65 Å². The topological polar surface area (TPSA) is 89.7 Å². The predicted molar refractivity (Wildman–Crippen MR) is 72.1 cm³/mol. The Labute approximate surface area is 109 Å². The summed E-state index contributed by atoms with van der Waals surface area (Å²) in [6.45, 7) is 4.02. The molecule has 0 aliphatic heterocycles.